The topological polar surface area (TPSA) is 38.0 Å². The SMILES string of the molecule is CC1NC[C@H]2C[C@@]12N. The highest BCUT2D eigenvalue weighted by atomic mass is 15.1. The summed E-state index contributed by atoms with van der Waals surface area (Å²) >= 11 is 0. The number of hydrogen-bond acceptors (Lipinski definition) is 2. The summed E-state index contributed by atoms with van der Waals surface area (Å²) in [5.41, 5.74) is 6.14. The molecule has 0 radical (unpaired) electrons. The number of nitrogens with two attached hydrogens (primary N) is 1. The van der Waals surface area contributed by atoms with Crippen molar-refractivity contribution in [3.8, 4) is 0 Å². The molecule has 0 aromatic heterocycles. The van der Waals surface area contributed by atoms with E-state index in [1.54, 1.807) is 0 Å². The third-order valence-electron chi connectivity index (χ3n) is 2.68. The number of piperidine rings is 1. The van der Waals surface area contributed by atoms with Crippen LogP contribution in [0.4, 0.5) is 0 Å². The molecule has 1 aliphatic heterocycles. The van der Waals surface area contributed by atoms with Crippen molar-refractivity contribution in [3.63, 3.8) is 0 Å². The zero-order valence-electron chi connectivity index (χ0n) is 5.15. The van der Waals surface area contributed by atoms with Crippen LogP contribution in [0.2, 0.25) is 0 Å². The first kappa shape index (κ1) is 4.77. The van der Waals surface area contributed by atoms with Gasteiger partial charge < -0.3 is 11.1 Å². The van der Waals surface area contributed by atoms with Crippen molar-refractivity contribution in [3.05, 3.63) is 0 Å². The van der Waals surface area contributed by atoms with Crippen molar-refractivity contribution in [2.75, 3.05) is 6.54 Å². The van der Waals surface area contributed by atoms with Crippen LogP contribution in [-0.2, 0) is 0 Å². The highest BCUT2D eigenvalue weighted by molar-refractivity contribution is 5.18. The van der Waals surface area contributed by atoms with Gasteiger partial charge in [-0.1, -0.05) is 0 Å². The van der Waals surface area contributed by atoms with Crippen molar-refractivity contribution in [1.29, 1.82) is 0 Å². The number of hydrogen-bond donors (Lipinski definition) is 2. The Morgan fingerprint density at radius 1 is 1.75 bits per heavy atom. The van der Waals surface area contributed by atoms with E-state index in [1.807, 2.05) is 0 Å². The third kappa shape index (κ3) is 0.361. The molecule has 0 bridgehead atoms. The largest absolute Gasteiger partial charge is 0.323 e. The Labute approximate surface area is 49.4 Å². The van der Waals surface area contributed by atoms with Gasteiger partial charge in [-0.3, -0.25) is 0 Å². The maximum Gasteiger partial charge on any atom is 0.0352 e. The lowest BCUT2D eigenvalue weighted by Crippen LogP contribution is -2.39. The van der Waals surface area contributed by atoms with Crippen molar-refractivity contribution < 1.29 is 0 Å². The van der Waals surface area contributed by atoms with Gasteiger partial charge in [0.2, 0.25) is 0 Å². The Balaban J connectivity index is 2.19. The first-order chi connectivity index (χ1) is 3.73. The van der Waals surface area contributed by atoms with Crippen LogP contribution >= 0.6 is 0 Å². The van der Waals surface area contributed by atoms with Gasteiger partial charge in [0.05, 0.1) is 0 Å². The predicted molar refractivity (Wildman–Crippen MR) is 32.5 cm³/mol. The van der Waals surface area contributed by atoms with E-state index in [1.165, 1.54) is 6.42 Å². The lowest BCUT2D eigenvalue weighted by Gasteiger charge is -2.12. The summed E-state index contributed by atoms with van der Waals surface area (Å²) in [4.78, 5) is 0. The van der Waals surface area contributed by atoms with E-state index < -0.39 is 0 Å². The zero-order chi connectivity index (χ0) is 5.78. The van der Waals surface area contributed by atoms with Crippen LogP contribution in [0.25, 0.3) is 0 Å². The summed E-state index contributed by atoms with van der Waals surface area (Å²) in [6.45, 7) is 3.32. The minimum absolute atomic E-state index is 0.208. The summed E-state index contributed by atoms with van der Waals surface area (Å²) in [6, 6.07) is 0.562. The Morgan fingerprint density at radius 3 is 2.62 bits per heavy atom. The third-order valence-corrected chi connectivity index (χ3v) is 2.68. The molecule has 2 aliphatic rings. The second kappa shape index (κ2) is 1.09. The Morgan fingerprint density at radius 2 is 2.50 bits per heavy atom. The molecule has 1 aliphatic carbocycles. The van der Waals surface area contributed by atoms with Gasteiger partial charge >= 0.3 is 0 Å². The molecule has 1 unspecified atom stereocenters. The van der Waals surface area contributed by atoms with E-state index >= 15 is 0 Å². The molecule has 8 heavy (non-hydrogen) atoms. The van der Waals surface area contributed by atoms with E-state index in [4.69, 9.17) is 5.73 Å². The lowest BCUT2D eigenvalue weighted by molar-refractivity contribution is 0.517. The van der Waals surface area contributed by atoms with Gasteiger partial charge in [0.1, 0.15) is 0 Å². The van der Waals surface area contributed by atoms with Gasteiger partial charge in [-0.05, 0) is 19.3 Å². The van der Waals surface area contributed by atoms with Gasteiger partial charge in [-0.25, -0.2) is 0 Å². The van der Waals surface area contributed by atoms with E-state index in [9.17, 15) is 0 Å². The fourth-order valence-corrected chi connectivity index (χ4v) is 1.67. The van der Waals surface area contributed by atoms with E-state index in [0.29, 0.717) is 6.04 Å². The summed E-state index contributed by atoms with van der Waals surface area (Å²) in [7, 11) is 0. The molecular formula is C6H12N2. The molecule has 46 valence electrons. The molecule has 0 amide bonds. The van der Waals surface area contributed by atoms with Gasteiger partial charge in [0, 0.05) is 18.1 Å². The first-order valence-corrected chi connectivity index (χ1v) is 3.26. The zero-order valence-corrected chi connectivity index (χ0v) is 5.15. The molecule has 1 saturated heterocycles. The van der Waals surface area contributed by atoms with E-state index in [0.717, 1.165) is 12.5 Å². The Kier molecular flexibility index (Phi) is 0.649. The molecule has 1 heterocycles. The van der Waals surface area contributed by atoms with Crippen molar-refractivity contribution >= 4 is 0 Å². The molecule has 2 rings (SSSR count). The highest BCUT2D eigenvalue weighted by Gasteiger charge is 2.58. The Bertz CT molecular complexity index is 122. The van der Waals surface area contributed by atoms with Crippen LogP contribution in [0.5, 0.6) is 0 Å². The van der Waals surface area contributed by atoms with Crippen LogP contribution < -0.4 is 11.1 Å². The van der Waals surface area contributed by atoms with Gasteiger partial charge in [0.15, 0.2) is 0 Å². The standard InChI is InChI=1S/C6H12N2/c1-4-6(7)2-5(6)3-8-4/h4-5,8H,2-3,7H2,1H3/t4?,5-,6-/m1/s1. The molecule has 3 atom stereocenters. The average molecular weight is 112 g/mol. The minimum Gasteiger partial charge on any atom is -0.323 e. The quantitative estimate of drug-likeness (QED) is 0.451. The molecule has 0 aromatic carbocycles. The van der Waals surface area contributed by atoms with Crippen LogP contribution in [0.1, 0.15) is 13.3 Å². The molecule has 3 N–H and O–H groups in total. The number of rotatable bonds is 0. The molecule has 2 nitrogen and oxygen atoms in total. The van der Waals surface area contributed by atoms with Gasteiger partial charge in [-0.2, -0.15) is 0 Å². The van der Waals surface area contributed by atoms with Gasteiger partial charge in [-0.15, -0.1) is 0 Å². The number of nitrogens with one attached hydrogen (secondary N) is 1. The molecule has 0 aromatic rings. The van der Waals surface area contributed by atoms with Crippen LogP contribution in [0, 0.1) is 5.92 Å². The Hall–Kier alpha value is -0.0800. The summed E-state index contributed by atoms with van der Waals surface area (Å²) in [5.74, 6) is 0.803. The summed E-state index contributed by atoms with van der Waals surface area (Å²) < 4.78 is 0. The van der Waals surface area contributed by atoms with Crippen LogP contribution in [-0.4, -0.2) is 18.1 Å². The van der Waals surface area contributed by atoms with Crippen molar-refractivity contribution in [2.24, 2.45) is 11.7 Å². The summed E-state index contributed by atoms with van der Waals surface area (Å²) in [5, 5.41) is 3.33. The van der Waals surface area contributed by atoms with Gasteiger partial charge in [0.25, 0.3) is 0 Å². The second-order valence-electron chi connectivity index (χ2n) is 3.14. The monoisotopic (exact) mass is 112 g/mol. The fourth-order valence-electron chi connectivity index (χ4n) is 1.67. The van der Waals surface area contributed by atoms with Crippen molar-refractivity contribution in [2.45, 2.75) is 24.9 Å². The summed E-state index contributed by atoms with van der Waals surface area (Å²) in [6.07, 6.45) is 1.25. The fraction of sp³-hybridized carbons (Fsp3) is 1.00. The van der Waals surface area contributed by atoms with Crippen LogP contribution in [0.3, 0.4) is 0 Å². The lowest BCUT2D eigenvalue weighted by atomic mass is 10.1. The van der Waals surface area contributed by atoms with Crippen molar-refractivity contribution in [1.82, 2.24) is 5.32 Å². The number of fused-ring (bicyclic) bond motifs is 1. The maximum absolute atomic E-state index is 5.93. The molecule has 2 heteroatoms. The molecule has 2 fully saturated rings. The minimum atomic E-state index is 0.208. The molecule has 1 saturated carbocycles. The molecule has 0 spiro atoms. The van der Waals surface area contributed by atoms with Crippen LogP contribution in [0.15, 0.2) is 0 Å². The highest BCUT2D eigenvalue weighted by Crippen LogP contribution is 2.46. The smallest absolute Gasteiger partial charge is 0.0352 e. The second-order valence-corrected chi connectivity index (χ2v) is 3.14. The predicted octanol–water partition coefficient (Wildman–Crippen LogP) is -0.305. The molecular weight excluding hydrogens is 100 g/mol. The average Bonchev–Trinajstić information content (AvgIpc) is 2.31. The van der Waals surface area contributed by atoms with E-state index in [2.05, 4.69) is 12.2 Å². The maximum atomic E-state index is 5.93. The first-order valence-electron chi connectivity index (χ1n) is 3.26. The normalized spacial score (nSPS) is 60.8. The van der Waals surface area contributed by atoms with E-state index in [-0.39, 0.29) is 5.54 Å².